The summed E-state index contributed by atoms with van der Waals surface area (Å²) in [6, 6.07) is 14.9. The summed E-state index contributed by atoms with van der Waals surface area (Å²) in [5.74, 6) is 1.03. The Labute approximate surface area is 170 Å². The molecule has 0 saturated heterocycles. The van der Waals surface area contributed by atoms with Crippen LogP contribution in [-0.4, -0.2) is 55.2 Å². The van der Waals surface area contributed by atoms with E-state index in [2.05, 4.69) is 5.10 Å². The first kappa shape index (κ1) is 20.4. The number of methoxy groups -OCH3 is 2. The van der Waals surface area contributed by atoms with Gasteiger partial charge in [0.05, 0.1) is 26.0 Å². The molecule has 0 unspecified atom stereocenters. The van der Waals surface area contributed by atoms with Gasteiger partial charge in [0.1, 0.15) is 18.0 Å². The van der Waals surface area contributed by atoms with Crippen LogP contribution in [0.2, 0.25) is 0 Å². The number of hydrogen-bond donors (Lipinski definition) is 0. The number of carbonyl (C=O) groups is 2. The Morgan fingerprint density at radius 3 is 2.41 bits per heavy atom. The van der Waals surface area contributed by atoms with Crippen LogP contribution in [0.15, 0.2) is 53.6 Å². The van der Waals surface area contributed by atoms with Crippen LogP contribution in [0, 0.1) is 0 Å². The van der Waals surface area contributed by atoms with Crippen molar-refractivity contribution in [3.8, 4) is 11.5 Å². The Morgan fingerprint density at radius 1 is 1.10 bits per heavy atom. The molecule has 2 aromatic rings. The van der Waals surface area contributed by atoms with Gasteiger partial charge in [-0.15, -0.1) is 0 Å². The molecular formula is C22H25N3O4. The third kappa shape index (κ3) is 4.39. The summed E-state index contributed by atoms with van der Waals surface area (Å²) in [4.78, 5) is 25.9. The van der Waals surface area contributed by atoms with Crippen LogP contribution in [0.3, 0.4) is 0 Å². The molecular weight excluding hydrogens is 370 g/mol. The summed E-state index contributed by atoms with van der Waals surface area (Å²) >= 11 is 0. The van der Waals surface area contributed by atoms with Crippen LogP contribution in [-0.2, 0) is 9.59 Å². The zero-order valence-corrected chi connectivity index (χ0v) is 17.1. The van der Waals surface area contributed by atoms with Crippen LogP contribution < -0.4 is 9.47 Å². The maximum Gasteiger partial charge on any atom is 0.262 e. The number of nitrogens with zero attached hydrogens (tertiary/aromatic N) is 3. The quantitative estimate of drug-likeness (QED) is 0.754. The SMILES string of the molecule is COc1ccc(C2=NN(C(=O)CN(C)C(C)=O)[C@H](c3ccccc3OC)C2)cc1. The lowest BCUT2D eigenvalue weighted by Crippen LogP contribution is -2.38. The average molecular weight is 395 g/mol. The lowest BCUT2D eigenvalue weighted by molar-refractivity contribution is -0.139. The van der Waals surface area contributed by atoms with Crippen molar-refractivity contribution in [1.82, 2.24) is 9.91 Å². The van der Waals surface area contributed by atoms with Crippen LogP contribution in [0.5, 0.6) is 11.5 Å². The van der Waals surface area contributed by atoms with Crippen molar-refractivity contribution in [2.24, 2.45) is 5.10 Å². The summed E-state index contributed by atoms with van der Waals surface area (Å²) in [5, 5.41) is 6.09. The van der Waals surface area contributed by atoms with Gasteiger partial charge in [-0.2, -0.15) is 5.10 Å². The molecule has 1 aliphatic rings. The van der Waals surface area contributed by atoms with Gasteiger partial charge in [0, 0.05) is 26.0 Å². The first-order valence-electron chi connectivity index (χ1n) is 9.33. The van der Waals surface area contributed by atoms with E-state index in [9.17, 15) is 9.59 Å². The van der Waals surface area contributed by atoms with Crippen LogP contribution in [0.1, 0.15) is 30.5 Å². The van der Waals surface area contributed by atoms with Crippen LogP contribution in [0.25, 0.3) is 0 Å². The molecule has 1 atom stereocenters. The highest BCUT2D eigenvalue weighted by atomic mass is 16.5. The first-order valence-corrected chi connectivity index (χ1v) is 9.33. The average Bonchev–Trinajstić information content (AvgIpc) is 3.19. The molecule has 0 fully saturated rings. The third-order valence-electron chi connectivity index (χ3n) is 5.00. The molecule has 152 valence electrons. The Kier molecular flexibility index (Phi) is 6.16. The van der Waals surface area contributed by atoms with E-state index in [1.54, 1.807) is 21.3 Å². The molecule has 1 aliphatic heterocycles. The van der Waals surface area contributed by atoms with Gasteiger partial charge in [0.15, 0.2) is 0 Å². The third-order valence-corrected chi connectivity index (χ3v) is 5.00. The first-order chi connectivity index (χ1) is 13.9. The van der Waals surface area contributed by atoms with Crippen molar-refractivity contribution >= 4 is 17.5 Å². The minimum Gasteiger partial charge on any atom is -0.497 e. The van der Waals surface area contributed by atoms with Gasteiger partial charge in [-0.05, 0) is 35.9 Å². The summed E-state index contributed by atoms with van der Waals surface area (Å²) in [5.41, 5.74) is 2.59. The molecule has 2 amide bonds. The zero-order chi connectivity index (χ0) is 21.0. The second-order valence-electron chi connectivity index (χ2n) is 6.85. The van der Waals surface area contributed by atoms with E-state index in [1.807, 2.05) is 48.5 Å². The van der Waals surface area contributed by atoms with E-state index in [1.165, 1.54) is 16.8 Å². The van der Waals surface area contributed by atoms with Crippen LogP contribution in [0.4, 0.5) is 0 Å². The van der Waals surface area contributed by atoms with Crippen molar-refractivity contribution in [2.45, 2.75) is 19.4 Å². The normalized spacial score (nSPS) is 15.7. The highest BCUT2D eigenvalue weighted by molar-refractivity contribution is 6.03. The Hall–Kier alpha value is -3.35. The molecule has 7 heteroatoms. The zero-order valence-electron chi connectivity index (χ0n) is 17.1. The predicted octanol–water partition coefficient (Wildman–Crippen LogP) is 2.86. The number of amides is 2. The molecule has 0 spiro atoms. The predicted molar refractivity (Wildman–Crippen MR) is 110 cm³/mol. The monoisotopic (exact) mass is 395 g/mol. The number of carbonyl (C=O) groups excluding carboxylic acids is 2. The molecule has 1 heterocycles. The van der Waals surface area contributed by atoms with E-state index in [0.29, 0.717) is 12.2 Å². The maximum absolute atomic E-state index is 13.0. The minimum absolute atomic E-state index is 0.0413. The van der Waals surface area contributed by atoms with E-state index in [4.69, 9.17) is 9.47 Å². The standard InChI is InChI=1S/C22H25N3O4/c1-15(26)24(2)14-22(27)25-20(18-7-5-6-8-21(18)29-4)13-19(23-25)16-9-11-17(28-3)12-10-16/h5-12,20H,13-14H2,1-4H3/t20-/m0/s1. The summed E-state index contributed by atoms with van der Waals surface area (Å²) in [7, 11) is 4.82. The largest absolute Gasteiger partial charge is 0.497 e. The fourth-order valence-electron chi connectivity index (χ4n) is 3.27. The molecule has 7 nitrogen and oxygen atoms in total. The van der Waals surface area contributed by atoms with Gasteiger partial charge in [-0.3, -0.25) is 9.59 Å². The summed E-state index contributed by atoms with van der Waals surface area (Å²) in [6.45, 7) is 1.39. The second-order valence-corrected chi connectivity index (χ2v) is 6.85. The number of hydrogen-bond acceptors (Lipinski definition) is 5. The summed E-state index contributed by atoms with van der Waals surface area (Å²) < 4.78 is 10.7. The molecule has 2 aromatic carbocycles. The van der Waals surface area contributed by atoms with Crippen molar-refractivity contribution < 1.29 is 19.1 Å². The van der Waals surface area contributed by atoms with E-state index in [0.717, 1.165) is 22.6 Å². The van der Waals surface area contributed by atoms with E-state index < -0.39 is 0 Å². The smallest absolute Gasteiger partial charge is 0.262 e. The van der Waals surface area contributed by atoms with Gasteiger partial charge in [0.25, 0.3) is 5.91 Å². The molecule has 0 bridgehead atoms. The molecule has 0 N–H and O–H groups in total. The van der Waals surface area contributed by atoms with E-state index >= 15 is 0 Å². The molecule has 29 heavy (non-hydrogen) atoms. The minimum atomic E-state index is -0.309. The Bertz CT molecular complexity index is 924. The van der Waals surface area contributed by atoms with Crippen molar-refractivity contribution in [3.63, 3.8) is 0 Å². The fraction of sp³-hybridized carbons (Fsp3) is 0.318. The lowest BCUT2D eigenvalue weighted by atomic mass is 9.97. The fourth-order valence-corrected chi connectivity index (χ4v) is 3.27. The van der Waals surface area contributed by atoms with Gasteiger partial charge >= 0.3 is 0 Å². The van der Waals surface area contributed by atoms with Gasteiger partial charge in [-0.1, -0.05) is 18.2 Å². The topological polar surface area (TPSA) is 71.4 Å². The van der Waals surface area contributed by atoms with Gasteiger partial charge in [-0.25, -0.2) is 5.01 Å². The number of likely N-dealkylation sites (N-methyl/N-ethyl adjacent to an activating group) is 1. The Balaban J connectivity index is 1.95. The second kappa shape index (κ2) is 8.77. The molecule has 3 rings (SSSR count). The number of para-hydroxylation sites is 1. The molecule has 0 aromatic heterocycles. The number of ether oxygens (including phenoxy) is 2. The van der Waals surface area contributed by atoms with Gasteiger partial charge in [0.2, 0.25) is 5.91 Å². The number of hydrazone groups is 1. The van der Waals surface area contributed by atoms with Crippen molar-refractivity contribution in [3.05, 3.63) is 59.7 Å². The molecule has 0 aliphatic carbocycles. The van der Waals surface area contributed by atoms with Crippen molar-refractivity contribution in [2.75, 3.05) is 27.8 Å². The highest BCUT2D eigenvalue weighted by Gasteiger charge is 2.35. The molecule has 0 radical (unpaired) electrons. The maximum atomic E-state index is 13.0. The lowest BCUT2D eigenvalue weighted by Gasteiger charge is -2.25. The van der Waals surface area contributed by atoms with Gasteiger partial charge < -0.3 is 14.4 Å². The highest BCUT2D eigenvalue weighted by Crippen LogP contribution is 2.37. The number of rotatable bonds is 6. The number of benzene rings is 2. The summed E-state index contributed by atoms with van der Waals surface area (Å²) in [6.07, 6.45) is 0.544. The van der Waals surface area contributed by atoms with Crippen LogP contribution >= 0.6 is 0 Å². The van der Waals surface area contributed by atoms with Crippen molar-refractivity contribution in [1.29, 1.82) is 0 Å². The Morgan fingerprint density at radius 2 is 1.79 bits per heavy atom. The van der Waals surface area contributed by atoms with E-state index in [-0.39, 0.29) is 24.4 Å². The molecule has 0 saturated carbocycles.